The van der Waals surface area contributed by atoms with Crippen LogP contribution in [0.5, 0.6) is 28.7 Å². The number of rotatable bonds is 9. The van der Waals surface area contributed by atoms with Gasteiger partial charge in [-0.15, -0.1) is 0 Å². The fourth-order valence-electron chi connectivity index (χ4n) is 4.29. The van der Waals surface area contributed by atoms with Crippen molar-refractivity contribution in [3.8, 4) is 34.8 Å². The normalized spacial score (nSPS) is 14.0. The van der Waals surface area contributed by atoms with Crippen LogP contribution in [0.4, 0.5) is 0 Å². The number of ether oxygens (including phenoxy) is 5. The van der Waals surface area contributed by atoms with Gasteiger partial charge in [0.1, 0.15) is 35.5 Å². The molecule has 0 fully saturated rings. The number of fused-ring (bicyclic) bond motifs is 1. The third-order valence-corrected chi connectivity index (χ3v) is 6.04. The van der Waals surface area contributed by atoms with Crippen molar-refractivity contribution < 1.29 is 28.5 Å². The first-order chi connectivity index (χ1) is 18.4. The Morgan fingerprint density at radius 2 is 1.87 bits per heavy atom. The first kappa shape index (κ1) is 26.2. The second-order valence-electron chi connectivity index (χ2n) is 8.62. The molecular formula is C30H28N2O6. The van der Waals surface area contributed by atoms with Gasteiger partial charge in [0, 0.05) is 11.6 Å². The molecule has 0 radical (unpaired) electrons. The monoisotopic (exact) mass is 512 g/mol. The highest BCUT2D eigenvalue weighted by molar-refractivity contribution is 5.74. The minimum absolute atomic E-state index is 0.0298. The Kier molecular flexibility index (Phi) is 7.88. The third kappa shape index (κ3) is 5.42. The quantitative estimate of drug-likeness (QED) is 0.240. The molecule has 8 nitrogen and oxygen atoms in total. The molecule has 1 aliphatic rings. The van der Waals surface area contributed by atoms with Gasteiger partial charge in [0.05, 0.1) is 13.0 Å². The van der Waals surface area contributed by atoms with Crippen LogP contribution in [0, 0.1) is 25.2 Å². The fourth-order valence-corrected chi connectivity index (χ4v) is 4.29. The maximum absolute atomic E-state index is 12.5. The zero-order valence-corrected chi connectivity index (χ0v) is 21.4. The minimum atomic E-state index is -0.568. The molecule has 0 saturated carbocycles. The molecule has 3 aromatic rings. The number of esters is 1. The second-order valence-corrected chi connectivity index (χ2v) is 8.62. The van der Waals surface area contributed by atoms with E-state index in [2.05, 4.69) is 12.6 Å². The van der Waals surface area contributed by atoms with Crippen LogP contribution >= 0.6 is 0 Å². The number of nitrogens with zero attached hydrogens (tertiary/aromatic N) is 1. The summed E-state index contributed by atoms with van der Waals surface area (Å²) in [5, 5.41) is 9.86. The number of allylic oxidation sites excluding steroid dienone is 1. The van der Waals surface area contributed by atoms with Crippen LogP contribution in [0.3, 0.4) is 0 Å². The number of benzene rings is 3. The second kappa shape index (κ2) is 11.4. The molecule has 1 heterocycles. The number of aryl methyl sites for hydroxylation is 2. The smallest absolute Gasteiger partial charge is 0.349 e. The topological polar surface area (TPSA) is 113 Å². The Morgan fingerprint density at radius 3 is 2.55 bits per heavy atom. The molecule has 2 N–H and O–H groups in total. The Hall–Kier alpha value is -4.90. The first-order valence-electron chi connectivity index (χ1n) is 11.9. The summed E-state index contributed by atoms with van der Waals surface area (Å²) in [6.45, 7) is 7.55. The first-order valence-corrected chi connectivity index (χ1v) is 11.9. The van der Waals surface area contributed by atoms with Crippen LogP contribution < -0.4 is 29.4 Å². The summed E-state index contributed by atoms with van der Waals surface area (Å²) in [4.78, 5) is 12.5. The van der Waals surface area contributed by atoms with E-state index in [-0.39, 0.29) is 23.8 Å². The number of nitriles is 1. The molecule has 194 valence electrons. The number of hydrogen-bond acceptors (Lipinski definition) is 8. The summed E-state index contributed by atoms with van der Waals surface area (Å²) >= 11 is 0. The molecule has 0 aliphatic carbocycles. The van der Waals surface area contributed by atoms with E-state index < -0.39 is 11.9 Å². The van der Waals surface area contributed by atoms with Crippen LogP contribution in [0.1, 0.15) is 28.2 Å². The van der Waals surface area contributed by atoms with Gasteiger partial charge >= 0.3 is 5.97 Å². The van der Waals surface area contributed by atoms with Crippen molar-refractivity contribution in [3.05, 3.63) is 101 Å². The molecular weight excluding hydrogens is 484 g/mol. The molecule has 1 unspecified atom stereocenters. The lowest BCUT2D eigenvalue weighted by atomic mass is 9.83. The molecule has 8 heteroatoms. The number of carbonyl (C=O) groups is 1. The van der Waals surface area contributed by atoms with E-state index in [0.29, 0.717) is 35.2 Å². The van der Waals surface area contributed by atoms with Crippen molar-refractivity contribution in [3.63, 3.8) is 0 Å². The van der Waals surface area contributed by atoms with E-state index >= 15 is 0 Å². The number of methoxy groups -OCH3 is 1. The summed E-state index contributed by atoms with van der Waals surface area (Å²) in [7, 11) is 1.54. The summed E-state index contributed by atoms with van der Waals surface area (Å²) < 4.78 is 28.1. The van der Waals surface area contributed by atoms with Crippen molar-refractivity contribution in [1.29, 1.82) is 5.26 Å². The van der Waals surface area contributed by atoms with Crippen LogP contribution in [0.15, 0.2) is 78.7 Å². The maximum Gasteiger partial charge on any atom is 0.349 e. The highest BCUT2D eigenvalue weighted by atomic mass is 16.6. The lowest BCUT2D eigenvalue weighted by molar-refractivity contribution is -0.136. The average Bonchev–Trinajstić information content (AvgIpc) is 2.90. The average molecular weight is 513 g/mol. The highest BCUT2D eigenvalue weighted by Crippen LogP contribution is 2.45. The van der Waals surface area contributed by atoms with Gasteiger partial charge < -0.3 is 29.4 Å². The molecule has 0 saturated heterocycles. The van der Waals surface area contributed by atoms with Gasteiger partial charge in [0.25, 0.3) is 0 Å². The molecule has 0 bridgehead atoms. The van der Waals surface area contributed by atoms with E-state index in [9.17, 15) is 10.1 Å². The molecule has 1 atom stereocenters. The SMILES string of the molecule is C=CCOc1ccc(C2C(C#N)=C(N)Oc3cc(OC(=O)COc4c(C)cccc4C)ccc32)cc1OC. The summed E-state index contributed by atoms with van der Waals surface area (Å²) in [6.07, 6.45) is 1.64. The Bertz CT molecular complexity index is 1430. The Morgan fingerprint density at radius 1 is 1.11 bits per heavy atom. The van der Waals surface area contributed by atoms with Gasteiger partial charge in [-0.3, -0.25) is 0 Å². The zero-order chi connectivity index (χ0) is 27.2. The molecule has 3 aromatic carbocycles. The summed E-state index contributed by atoms with van der Waals surface area (Å²) in [6, 6.07) is 18.3. The van der Waals surface area contributed by atoms with E-state index in [1.54, 1.807) is 36.4 Å². The van der Waals surface area contributed by atoms with Gasteiger partial charge in [-0.05, 0) is 48.7 Å². The van der Waals surface area contributed by atoms with Crippen molar-refractivity contribution in [2.45, 2.75) is 19.8 Å². The minimum Gasteiger partial charge on any atom is -0.493 e. The van der Waals surface area contributed by atoms with E-state index in [1.165, 1.54) is 7.11 Å². The Labute approximate surface area is 221 Å². The van der Waals surface area contributed by atoms with Crippen LogP contribution in [-0.2, 0) is 4.79 Å². The fraction of sp³-hybridized carbons (Fsp3) is 0.200. The summed E-state index contributed by atoms with van der Waals surface area (Å²) in [5.41, 5.74) is 9.68. The van der Waals surface area contributed by atoms with Crippen LogP contribution in [0.2, 0.25) is 0 Å². The molecule has 38 heavy (non-hydrogen) atoms. The van der Waals surface area contributed by atoms with E-state index in [4.69, 9.17) is 29.4 Å². The predicted octanol–water partition coefficient (Wildman–Crippen LogP) is 5.08. The van der Waals surface area contributed by atoms with Crippen molar-refractivity contribution in [1.82, 2.24) is 0 Å². The number of para-hydroxylation sites is 1. The van der Waals surface area contributed by atoms with Crippen molar-refractivity contribution in [2.75, 3.05) is 20.3 Å². The molecule has 0 amide bonds. The molecule has 0 spiro atoms. The molecule has 0 aromatic heterocycles. The van der Waals surface area contributed by atoms with Gasteiger partial charge in [-0.1, -0.05) is 43.0 Å². The maximum atomic E-state index is 12.5. The zero-order valence-electron chi connectivity index (χ0n) is 21.4. The van der Waals surface area contributed by atoms with Crippen molar-refractivity contribution >= 4 is 5.97 Å². The number of hydrogen-bond donors (Lipinski definition) is 1. The largest absolute Gasteiger partial charge is 0.493 e. The standard InChI is InChI=1S/C30H28N2O6/c1-5-13-35-24-12-9-20(14-26(24)34-4)28-22-11-10-21(15-25(22)38-30(32)23(28)16-31)37-27(33)17-36-29-18(2)7-6-8-19(29)3/h5-12,14-15,28H,1,13,17,32H2,2-4H3. The predicted molar refractivity (Wildman–Crippen MR) is 141 cm³/mol. The number of nitrogens with two attached hydrogens (primary N) is 1. The summed E-state index contributed by atoms with van der Waals surface area (Å²) in [5.74, 6) is 1.21. The van der Waals surface area contributed by atoms with Crippen molar-refractivity contribution in [2.24, 2.45) is 5.73 Å². The molecule has 1 aliphatic heterocycles. The van der Waals surface area contributed by atoms with Gasteiger partial charge in [-0.2, -0.15) is 5.26 Å². The highest BCUT2D eigenvalue weighted by Gasteiger charge is 2.31. The van der Waals surface area contributed by atoms with Crippen LogP contribution in [-0.4, -0.2) is 26.3 Å². The third-order valence-electron chi connectivity index (χ3n) is 6.04. The van der Waals surface area contributed by atoms with Gasteiger partial charge in [-0.25, -0.2) is 4.79 Å². The lowest BCUT2D eigenvalue weighted by Crippen LogP contribution is -2.22. The van der Waals surface area contributed by atoms with Crippen LogP contribution in [0.25, 0.3) is 0 Å². The van der Waals surface area contributed by atoms with Gasteiger partial charge in [0.2, 0.25) is 5.88 Å². The molecule has 4 rings (SSSR count). The van der Waals surface area contributed by atoms with Gasteiger partial charge in [0.15, 0.2) is 18.1 Å². The Balaban J connectivity index is 1.58. The lowest BCUT2D eigenvalue weighted by Gasteiger charge is -2.27. The van der Waals surface area contributed by atoms with E-state index in [0.717, 1.165) is 16.7 Å². The number of carbonyl (C=O) groups excluding carboxylic acids is 1. The van der Waals surface area contributed by atoms with E-state index in [1.807, 2.05) is 38.1 Å².